The van der Waals surface area contributed by atoms with E-state index in [4.69, 9.17) is 5.11 Å². The topological polar surface area (TPSA) is 92.5 Å². The highest BCUT2D eigenvalue weighted by atomic mass is 79.9. The van der Waals surface area contributed by atoms with Crippen molar-refractivity contribution in [2.45, 2.75) is 25.8 Å². The number of hydrogen-bond acceptors (Lipinski definition) is 4. The van der Waals surface area contributed by atoms with E-state index < -0.39 is 10.9 Å². The van der Waals surface area contributed by atoms with Crippen LogP contribution < -0.4 is 5.32 Å². The van der Waals surface area contributed by atoms with Crippen LogP contribution >= 0.6 is 15.9 Å². The molecule has 2 N–H and O–H groups in total. The summed E-state index contributed by atoms with van der Waals surface area (Å²) < 4.78 is 0.413. The van der Waals surface area contributed by atoms with Crippen molar-refractivity contribution in [3.8, 4) is 0 Å². The van der Waals surface area contributed by atoms with Crippen LogP contribution in [-0.4, -0.2) is 22.0 Å². The van der Waals surface area contributed by atoms with Gasteiger partial charge in [-0.3, -0.25) is 14.9 Å². The predicted molar refractivity (Wildman–Crippen MR) is 70.8 cm³/mol. The van der Waals surface area contributed by atoms with Crippen LogP contribution in [0, 0.1) is 10.1 Å². The Hall–Kier alpha value is -1.63. The molecule has 1 rings (SSSR count). The van der Waals surface area contributed by atoms with E-state index in [9.17, 15) is 14.9 Å². The van der Waals surface area contributed by atoms with Crippen LogP contribution in [0.15, 0.2) is 22.7 Å². The minimum atomic E-state index is -0.856. The number of benzene rings is 1. The molecule has 6 nitrogen and oxygen atoms in total. The summed E-state index contributed by atoms with van der Waals surface area (Å²) in [6, 6.07) is 4.64. The molecule has 0 saturated carbocycles. The van der Waals surface area contributed by atoms with Gasteiger partial charge in [-0.15, -0.1) is 0 Å². The van der Waals surface area contributed by atoms with Crippen molar-refractivity contribution >= 4 is 33.3 Å². The number of nitro benzene ring substituents is 1. The van der Waals surface area contributed by atoms with Crippen LogP contribution in [0.25, 0.3) is 0 Å². The van der Waals surface area contributed by atoms with E-state index in [2.05, 4.69) is 21.2 Å². The first kappa shape index (κ1) is 14.4. The summed E-state index contributed by atoms with van der Waals surface area (Å²) in [4.78, 5) is 20.7. The van der Waals surface area contributed by atoms with Crippen LogP contribution in [0.2, 0.25) is 0 Å². The lowest BCUT2D eigenvalue weighted by atomic mass is 10.1. The minimum Gasteiger partial charge on any atom is -0.481 e. The van der Waals surface area contributed by atoms with Gasteiger partial charge in [0, 0.05) is 24.2 Å². The van der Waals surface area contributed by atoms with Crippen LogP contribution in [0.5, 0.6) is 0 Å². The first-order chi connectivity index (χ1) is 8.40. The lowest BCUT2D eigenvalue weighted by molar-refractivity contribution is -0.385. The van der Waals surface area contributed by atoms with Gasteiger partial charge in [-0.25, -0.2) is 0 Å². The standard InChI is InChI=1S/C11H13BrN2O4/c1-7(2-5-11(15)16)13-8-3-4-9(12)10(6-8)14(17)18/h3-4,6-7,13H,2,5H2,1H3,(H,15,16). The highest BCUT2D eigenvalue weighted by Crippen LogP contribution is 2.28. The van der Waals surface area contributed by atoms with Gasteiger partial charge in [-0.1, -0.05) is 0 Å². The van der Waals surface area contributed by atoms with E-state index in [0.717, 1.165) is 0 Å². The lowest BCUT2D eigenvalue weighted by Gasteiger charge is -2.14. The van der Waals surface area contributed by atoms with Gasteiger partial charge in [0.25, 0.3) is 5.69 Å². The third kappa shape index (κ3) is 4.33. The number of nitro groups is 1. The molecule has 1 aromatic carbocycles. The molecular weight excluding hydrogens is 304 g/mol. The summed E-state index contributed by atoms with van der Waals surface area (Å²) in [7, 11) is 0. The molecule has 0 aliphatic heterocycles. The van der Waals surface area contributed by atoms with Crippen molar-refractivity contribution in [2.75, 3.05) is 5.32 Å². The molecule has 0 aliphatic rings. The monoisotopic (exact) mass is 316 g/mol. The number of carboxylic acids is 1. The number of nitrogens with one attached hydrogen (secondary N) is 1. The second kappa shape index (κ2) is 6.34. The third-order valence-corrected chi connectivity index (χ3v) is 3.02. The minimum absolute atomic E-state index is 0.0227. The summed E-state index contributed by atoms with van der Waals surface area (Å²) in [5.41, 5.74) is 0.577. The normalized spacial score (nSPS) is 11.9. The molecule has 0 amide bonds. The van der Waals surface area contributed by atoms with Crippen molar-refractivity contribution in [1.29, 1.82) is 0 Å². The second-order valence-corrected chi connectivity index (χ2v) is 4.76. The molecule has 1 atom stereocenters. The zero-order valence-electron chi connectivity index (χ0n) is 9.72. The number of aliphatic carboxylic acids is 1. The van der Waals surface area contributed by atoms with Crippen LogP contribution in [0.1, 0.15) is 19.8 Å². The van der Waals surface area contributed by atoms with Crippen LogP contribution in [0.4, 0.5) is 11.4 Å². The molecule has 0 fully saturated rings. The molecule has 0 spiro atoms. The van der Waals surface area contributed by atoms with Gasteiger partial charge in [0.2, 0.25) is 0 Å². The first-order valence-electron chi connectivity index (χ1n) is 5.32. The first-order valence-corrected chi connectivity index (χ1v) is 6.11. The van der Waals surface area contributed by atoms with Crippen molar-refractivity contribution < 1.29 is 14.8 Å². The predicted octanol–water partition coefficient (Wildman–Crippen LogP) is 3.02. The Morgan fingerprint density at radius 3 is 2.83 bits per heavy atom. The van der Waals surface area contributed by atoms with Gasteiger partial charge >= 0.3 is 5.97 Å². The Balaban J connectivity index is 2.70. The van der Waals surface area contributed by atoms with Crippen LogP contribution in [-0.2, 0) is 4.79 Å². The SMILES string of the molecule is CC(CCC(=O)O)Nc1ccc(Br)c([N+](=O)[O-])c1. The zero-order valence-corrected chi connectivity index (χ0v) is 11.3. The molecule has 0 radical (unpaired) electrons. The Bertz CT molecular complexity index is 464. The molecule has 7 heteroatoms. The lowest BCUT2D eigenvalue weighted by Crippen LogP contribution is -2.16. The van der Waals surface area contributed by atoms with Gasteiger partial charge in [-0.05, 0) is 41.4 Å². The van der Waals surface area contributed by atoms with Crippen molar-refractivity contribution in [2.24, 2.45) is 0 Å². The summed E-state index contributed by atoms with van der Waals surface area (Å²) in [6.45, 7) is 1.83. The molecule has 18 heavy (non-hydrogen) atoms. The molecule has 0 bridgehead atoms. The van der Waals surface area contributed by atoms with Gasteiger partial charge in [0.05, 0.1) is 9.40 Å². The number of hydrogen-bond donors (Lipinski definition) is 2. The van der Waals surface area contributed by atoms with E-state index in [0.29, 0.717) is 16.6 Å². The molecule has 0 saturated heterocycles. The van der Waals surface area contributed by atoms with Crippen molar-refractivity contribution in [1.82, 2.24) is 0 Å². The maximum absolute atomic E-state index is 10.7. The molecule has 0 aliphatic carbocycles. The van der Waals surface area contributed by atoms with E-state index in [-0.39, 0.29) is 18.2 Å². The van der Waals surface area contributed by atoms with Gasteiger partial charge in [0.1, 0.15) is 0 Å². The van der Waals surface area contributed by atoms with Crippen molar-refractivity contribution in [3.05, 3.63) is 32.8 Å². The number of anilines is 1. The fourth-order valence-corrected chi connectivity index (χ4v) is 1.83. The Kier molecular flexibility index (Phi) is 5.08. The summed E-state index contributed by atoms with van der Waals surface area (Å²) in [5, 5.41) is 22.3. The summed E-state index contributed by atoms with van der Waals surface area (Å²) in [6.07, 6.45) is 0.520. The highest BCUT2D eigenvalue weighted by Gasteiger charge is 2.13. The van der Waals surface area contributed by atoms with Gasteiger partial charge in [-0.2, -0.15) is 0 Å². The zero-order chi connectivity index (χ0) is 13.7. The average Bonchev–Trinajstić information content (AvgIpc) is 2.28. The maximum Gasteiger partial charge on any atom is 0.303 e. The van der Waals surface area contributed by atoms with E-state index in [1.54, 1.807) is 12.1 Å². The smallest absolute Gasteiger partial charge is 0.303 e. The number of carbonyl (C=O) groups is 1. The van der Waals surface area contributed by atoms with Crippen molar-refractivity contribution in [3.63, 3.8) is 0 Å². The fourth-order valence-electron chi connectivity index (χ4n) is 1.44. The number of nitrogens with zero attached hydrogens (tertiary/aromatic N) is 1. The van der Waals surface area contributed by atoms with E-state index in [1.807, 2.05) is 6.92 Å². The Morgan fingerprint density at radius 2 is 2.28 bits per heavy atom. The van der Waals surface area contributed by atoms with E-state index in [1.165, 1.54) is 6.07 Å². The largest absolute Gasteiger partial charge is 0.481 e. The highest BCUT2D eigenvalue weighted by molar-refractivity contribution is 9.10. The Labute approximate surface area is 112 Å². The summed E-state index contributed by atoms with van der Waals surface area (Å²) >= 11 is 3.10. The van der Waals surface area contributed by atoms with Gasteiger partial charge < -0.3 is 10.4 Å². The average molecular weight is 317 g/mol. The molecule has 98 valence electrons. The maximum atomic E-state index is 10.7. The van der Waals surface area contributed by atoms with Gasteiger partial charge in [0.15, 0.2) is 0 Å². The number of carboxylic acid groups (broad SMARTS) is 1. The van der Waals surface area contributed by atoms with Crippen LogP contribution in [0.3, 0.4) is 0 Å². The number of rotatable bonds is 6. The fraction of sp³-hybridized carbons (Fsp3) is 0.364. The molecule has 0 aromatic heterocycles. The molecule has 1 unspecified atom stereocenters. The second-order valence-electron chi connectivity index (χ2n) is 3.90. The molecular formula is C11H13BrN2O4. The quantitative estimate of drug-likeness (QED) is 0.621. The Morgan fingerprint density at radius 1 is 1.61 bits per heavy atom. The third-order valence-electron chi connectivity index (χ3n) is 2.35. The molecule has 1 aromatic rings. The number of halogens is 1. The van der Waals surface area contributed by atoms with E-state index >= 15 is 0 Å². The molecule has 0 heterocycles. The summed E-state index contributed by atoms with van der Waals surface area (Å²) in [5.74, 6) is -0.856.